The smallest absolute Gasteiger partial charge is 0.345 e. The Morgan fingerprint density at radius 1 is 1.16 bits per heavy atom. The molecule has 3 aromatic rings. The van der Waals surface area contributed by atoms with Crippen LogP contribution in [0, 0.1) is 11.5 Å². The van der Waals surface area contributed by atoms with Gasteiger partial charge < -0.3 is 15.4 Å². The fraction of sp³-hybridized carbons (Fsp3) is 0.217. The summed E-state index contributed by atoms with van der Waals surface area (Å²) in [6.07, 6.45) is 3.56. The average molecular weight is 450 g/mol. The fourth-order valence-corrected chi connectivity index (χ4v) is 3.69. The van der Waals surface area contributed by atoms with E-state index in [9.17, 15) is 9.59 Å². The number of rotatable bonds is 7. The van der Waals surface area contributed by atoms with E-state index in [-0.39, 0.29) is 12.2 Å². The number of aromatic nitrogens is 1. The molecule has 0 saturated carbocycles. The lowest BCUT2D eigenvalue weighted by molar-refractivity contribution is 0.0525. The van der Waals surface area contributed by atoms with Gasteiger partial charge in [0.2, 0.25) is 6.19 Å². The van der Waals surface area contributed by atoms with Gasteiger partial charge in [-0.2, -0.15) is 5.26 Å². The van der Waals surface area contributed by atoms with E-state index in [4.69, 9.17) is 10.00 Å². The molecule has 0 atom stereocenters. The minimum Gasteiger partial charge on any atom is -0.462 e. The molecule has 0 aliphatic heterocycles. The van der Waals surface area contributed by atoms with Crippen molar-refractivity contribution in [3.8, 4) is 11.9 Å². The molecule has 0 bridgehead atoms. The zero-order valence-electron chi connectivity index (χ0n) is 17.8. The summed E-state index contributed by atoms with van der Waals surface area (Å²) in [5.74, 6) is -0.681. The molecule has 1 heterocycles. The SMILES string of the molecule is CCOC(=O)c1c(NCCNC(=NC#N)SC)c2ccccc2n(-c2ccccc2)c1=O. The third-order valence-electron chi connectivity index (χ3n) is 4.62. The first kappa shape index (κ1) is 22.9. The number of ether oxygens (including phenoxy) is 1. The number of thioether (sulfide) groups is 1. The van der Waals surface area contributed by atoms with Gasteiger partial charge in [0.05, 0.1) is 17.8 Å². The summed E-state index contributed by atoms with van der Waals surface area (Å²) < 4.78 is 6.74. The summed E-state index contributed by atoms with van der Waals surface area (Å²) in [5, 5.41) is 16.2. The summed E-state index contributed by atoms with van der Waals surface area (Å²) in [4.78, 5) is 30.1. The molecule has 32 heavy (non-hydrogen) atoms. The number of para-hydroxylation sites is 2. The van der Waals surface area contributed by atoms with Crippen molar-refractivity contribution in [2.24, 2.45) is 4.99 Å². The van der Waals surface area contributed by atoms with E-state index in [1.807, 2.05) is 60.9 Å². The molecule has 0 saturated heterocycles. The van der Waals surface area contributed by atoms with Crippen molar-refractivity contribution in [2.45, 2.75) is 6.92 Å². The number of nitrogens with one attached hydrogen (secondary N) is 2. The van der Waals surface area contributed by atoms with Crippen molar-refractivity contribution < 1.29 is 9.53 Å². The zero-order valence-corrected chi connectivity index (χ0v) is 18.6. The molecule has 3 rings (SSSR count). The number of nitriles is 1. The van der Waals surface area contributed by atoms with Gasteiger partial charge in [-0.15, -0.1) is 4.99 Å². The number of amidine groups is 1. The van der Waals surface area contributed by atoms with Crippen LogP contribution in [0.5, 0.6) is 0 Å². The first-order chi connectivity index (χ1) is 15.6. The summed E-state index contributed by atoms with van der Waals surface area (Å²) in [5.41, 5.74) is 1.23. The van der Waals surface area contributed by atoms with E-state index in [0.717, 1.165) is 5.39 Å². The number of carbonyl (C=O) groups excluding carboxylic acids is 1. The van der Waals surface area contributed by atoms with Crippen LogP contribution in [-0.2, 0) is 4.74 Å². The quantitative estimate of drug-likeness (QED) is 0.187. The lowest BCUT2D eigenvalue weighted by atomic mass is 10.1. The maximum atomic E-state index is 13.5. The number of esters is 1. The van der Waals surface area contributed by atoms with Crippen LogP contribution >= 0.6 is 11.8 Å². The van der Waals surface area contributed by atoms with Crippen LogP contribution in [0.3, 0.4) is 0 Å². The van der Waals surface area contributed by atoms with Crippen LogP contribution in [0.2, 0.25) is 0 Å². The number of anilines is 1. The van der Waals surface area contributed by atoms with E-state index < -0.39 is 11.5 Å². The molecule has 0 amide bonds. The molecule has 2 N–H and O–H groups in total. The highest BCUT2D eigenvalue weighted by atomic mass is 32.2. The number of aliphatic imine (C=N–C) groups is 1. The molecule has 0 radical (unpaired) electrons. The van der Waals surface area contributed by atoms with Gasteiger partial charge in [0, 0.05) is 24.2 Å². The zero-order chi connectivity index (χ0) is 22.9. The van der Waals surface area contributed by atoms with Gasteiger partial charge in [-0.3, -0.25) is 9.36 Å². The highest BCUT2D eigenvalue weighted by Gasteiger charge is 2.24. The van der Waals surface area contributed by atoms with Crippen LogP contribution in [0.15, 0.2) is 64.4 Å². The number of hydrogen-bond acceptors (Lipinski definition) is 7. The summed E-state index contributed by atoms with van der Waals surface area (Å²) in [6, 6.07) is 16.6. The maximum absolute atomic E-state index is 13.5. The Labute approximate surface area is 189 Å². The predicted octanol–water partition coefficient (Wildman–Crippen LogP) is 3.37. The van der Waals surface area contributed by atoms with Crippen molar-refractivity contribution in [1.82, 2.24) is 9.88 Å². The lowest BCUT2D eigenvalue weighted by Gasteiger charge is -2.18. The summed E-state index contributed by atoms with van der Waals surface area (Å²) in [6.45, 7) is 2.67. The van der Waals surface area contributed by atoms with E-state index in [1.165, 1.54) is 16.3 Å². The molecule has 0 unspecified atom stereocenters. The highest BCUT2D eigenvalue weighted by molar-refractivity contribution is 8.13. The molecule has 0 fully saturated rings. The van der Waals surface area contributed by atoms with Crippen LogP contribution in [0.1, 0.15) is 17.3 Å². The lowest BCUT2D eigenvalue weighted by Crippen LogP contribution is -2.31. The second kappa shape index (κ2) is 11.0. The molecular formula is C23H23N5O3S. The van der Waals surface area contributed by atoms with Crippen molar-refractivity contribution in [3.63, 3.8) is 0 Å². The van der Waals surface area contributed by atoms with Crippen molar-refractivity contribution in [3.05, 3.63) is 70.5 Å². The number of nitrogens with zero attached hydrogens (tertiary/aromatic N) is 3. The van der Waals surface area contributed by atoms with Crippen molar-refractivity contribution in [1.29, 1.82) is 5.26 Å². The van der Waals surface area contributed by atoms with Gasteiger partial charge in [-0.1, -0.05) is 48.2 Å². The third-order valence-corrected chi connectivity index (χ3v) is 5.25. The monoisotopic (exact) mass is 449 g/mol. The van der Waals surface area contributed by atoms with Crippen LogP contribution in [0.25, 0.3) is 16.6 Å². The molecule has 0 aliphatic rings. The fourth-order valence-electron chi connectivity index (χ4n) is 3.31. The molecule has 0 aliphatic carbocycles. The predicted molar refractivity (Wildman–Crippen MR) is 129 cm³/mol. The molecular weight excluding hydrogens is 426 g/mol. The number of carbonyl (C=O) groups is 1. The minimum absolute atomic E-state index is 0.0508. The van der Waals surface area contributed by atoms with Crippen molar-refractivity contribution >= 4 is 39.5 Å². The van der Waals surface area contributed by atoms with Gasteiger partial charge in [0.25, 0.3) is 5.56 Å². The van der Waals surface area contributed by atoms with Gasteiger partial charge in [0.1, 0.15) is 5.56 Å². The molecule has 164 valence electrons. The Bertz CT molecular complexity index is 1230. The van der Waals surface area contributed by atoms with Crippen molar-refractivity contribution in [2.75, 3.05) is 31.3 Å². The maximum Gasteiger partial charge on any atom is 0.345 e. The van der Waals surface area contributed by atoms with Crippen LogP contribution in [-0.4, -0.2) is 41.7 Å². The number of hydrogen-bond donors (Lipinski definition) is 2. The summed E-state index contributed by atoms with van der Waals surface area (Å²) in [7, 11) is 0. The standard InChI is InChI=1S/C23H23N5O3S/c1-3-31-22(30)19-20(25-13-14-26-23(32-2)27-15-24)17-11-7-8-12-18(17)28(21(19)29)16-9-5-4-6-10-16/h4-12,25H,3,13-14H2,1-2H3,(H,26,27). The molecule has 9 heteroatoms. The summed E-state index contributed by atoms with van der Waals surface area (Å²) >= 11 is 1.32. The van der Waals surface area contributed by atoms with E-state index in [0.29, 0.717) is 35.1 Å². The molecule has 8 nitrogen and oxygen atoms in total. The topological polar surface area (TPSA) is 109 Å². The van der Waals surface area contributed by atoms with E-state index in [1.54, 1.807) is 13.1 Å². The van der Waals surface area contributed by atoms with E-state index in [2.05, 4.69) is 15.6 Å². The van der Waals surface area contributed by atoms with Gasteiger partial charge in [-0.05, 0) is 31.4 Å². The number of benzene rings is 2. The normalized spacial score (nSPS) is 11.1. The third kappa shape index (κ3) is 4.92. The van der Waals surface area contributed by atoms with Crippen LogP contribution in [0.4, 0.5) is 5.69 Å². The molecule has 2 aromatic carbocycles. The number of fused-ring (bicyclic) bond motifs is 1. The Morgan fingerprint density at radius 3 is 2.56 bits per heavy atom. The van der Waals surface area contributed by atoms with Gasteiger partial charge in [0.15, 0.2) is 5.17 Å². The number of pyridine rings is 1. The average Bonchev–Trinajstić information content (AvgIpc) is 2.81. The minimum atomic E-state index is -0.681. The highest BCUT2D eigenvalue weighted by Crippen LogP contribution is 2.27. The molecule has 0 spiro atoms. The van der Waals surface area contributed by atoms with Gasteiger partial charge >= 0.3 is 5.97 Å². The largest absolute Gasteiger partial charge is 0.462 e. The molecule has 1 aromatic heterocycles. The Hall–Kier alpha value is -3.77. The van der Waals surface area contributed by atoms with Crippen LogP contribution < -0.4 is 16.2 Å². The first-order valence-corrected chi connectivity index (χ1v) is 11.2. The Kier molecular flexibility index (Phi) is 7.89. The van der Waals surface area contributed by atoms with E-state index >= 15 is 0 Å². The first-order valence-electron chi connectivity index (χ1n) is 10.0. The van der Waals surface area contributed by atoms with Gasteiger partial charge in [-0.25, -0.2) is 4.79 Å². The Balaban J connectivity index is 2.10. The Morgan fingerprint density at radius 2 is 1.88 bits per heavy atom. The second-order valence-electron chi connectivity index (χ2n) is 6.54. The second-order valence-corrected chi connectivity index (χ2v) is 7.33.